The van der Waals surface area contributed by atoms with E-state index in [1.165, 1.54) is 6.92 Å². The third-order valence-corrected chi connectivity index (χ3v) is 9.76. The van der Waals surface area contributed by atoms with Gasteiger partial charge in [0.15, 0.2) is 0 Å². The van der Waals surface area contributed by atoms with Gasteiger partial charge >= 0.3 is 15.2 Å². The van der Waals surface area contributed by atoms with Gasteiger partial charge in [0.1, 0.15) is 6.04 Å². The van der Waals surface area contributed by atoms with E-state index in [2.05, 4.69) is 20.9 Å². The second-order valence-corrected chi connectivity index (χ2v) is 13.3. The van der Waals surface area contributed by atoms with Crippen LogP contribution < -0.4 is 20.9 Å². The zero-order valence-corrected chi connectivity index (χ0v) is 24.2. The summed E-state index contributed by atoms with van der Waals surface area (Å²) in [7, 11) is -11.1. The highest BCUT2D eigenvalue weighted by Gasteiger charge is 2.58. The summed E-state index contributed by atoms with van der Waals surface area (Å²) in [6.07, 6.45) is -0.629. The fourth-order valence-corrected chi connectivity index (χ4v) is 6.04. The van der Waals surface area contributed by atoms with Gasteiger partial charge < -0.3 is 45.5 Å². The van der Waals surface area contributed by atoms with Gasteiger partial charge in [-0.1, -0.05) is 0 Å². The summed E-state index contributed by atoms with van der Waals surface area (Å²) in [6.45, 7) is 3.08. The van der Waals surface area contributed by atoms with Crippen LogP contribution in [-0.2, 0) is 18.7 Å². The third-order valence-electron chi connectivity index (χ3n) is 5.54. The Balaban J connectivity index is 2.37. The van der Waals surface area contributed by atoms with Crippen molar-refractivity contribution in [2.75, 3.05) is 48.2 Å². The molecule has 0 aromatic heterocycles. The summed E-state index contributed by atoms with van der Waals surface area (Å²) < 4.78 is 22.7. The summed E-state index contributed by atoms with van der Waals surface area (Å²) in [6, 6.07) is 6.81. The Hall–Kier alpha value is -1.40. The first-order valence-corrected chi connectivity index (χ1v) is 16.1. The van der Waals surface area contributed by atoms with Crippen LogP contribution in [0.4, 0.5) is 11.4 Å². The fourth-order valence-electron chi connectivity index (χ4n) is 3.38. The van der Waals surface area contributed by atoms with E-state index < -0.39 is 38.6 Å². The predicted molar refractivity (Wildman–Crippen MR) is 147 cm³/mol. The summed E-state index contributed by atoms with van der Waals surface area (Å²) in [5.41, 5.74) is 1.88. The van der Waals surface area contributed by atoms with Gasteiger partial charge in [-0.2, -0.15) is 0 Å². The standard InChI is InChI=1S/C21H36Cl2N4O9P2/c1-16(20(29)25-13-3-9-21(30,37(31,32)33)38(34,35)36)26-19(28)4-2-12-24-17-5-7-18(8-6-17)27(14-10-22)15-11-23/h5-8,16,24,30H,2-4,9-15H2,1H3,(H,25,29)(H,26,28)(H2,31,32,33)(H2,34,35,36)/t16-/m0/s1. The molecular formula is C21H36Cl2N4O9P2. The van der Waals surface area contributed by atoms with E-state index in [1.807, 2.05) is 24.3 Å². The van der Waals surface area contributed by atoms with Crippen LogP contribution in [0.3, 0.4) is 0 Å². The topological polar surface area (TPSA) is 209 Å². The van der Waals surface area contributed by atoms with E-state index >= 15 is 0 Å². The van der Waals surface area contributed by atoms with Crippen molar-refractivity contribution in [2.45, 2.75) is 43.7 Å². The number of aliphatic hydroxyl groups is 1. The lowest BCUT2D eigenvalue weighted by Crippen LogP contribution is -2.45. The Morgan fingerprint density at radius 2 is 1.53 bits per heavy atom. The molecule has 17 heteroatoms. The maximum atomic E-state index is 12.1. The zero-order valence-electron chi connectivity index (χ0n) is 20.9. The first-order chi connectivity index (χ1) is 17.7. The number of nitrogens with zero attached hydrogens (tertiary/aromatic N) is 1. The smallest absolute Gasteiger partial charge is 0.369 e. The van der Waals surface area contributed by atoms with Crippen LogP contribution in [0.15, 0.2) is 24.3 Å². The maximum absolute atomic E-state index is 12.1. The number of carbonyl (C=O) groups is 2. The molecule has 1 aromatic rings. The largest absolute Gasteiger partial charge is 0.385 e. The number of rotatable bonds is 18. The minimum atomic E-state index is -5.55. The fraction of sp³-hybridized carbons (Fsp3) is 0.619. The van der Waals surface area contributed by atoms with Gasteiger partial charge in [-0.15, -0.1) is 23.2 Å². The molecule has 0 aliphatic heterocycles. The number of nitrogens with one attached hydrogen (secondary N) is 3. The average Bonchev–Trinajstić information content (AvgIpc) is 2.83. The Morgan fingerprint density at radius 1 is 0.974 bits per heavy atom. The Labute approximate surface area is 231 Å². The molecule has 0 heterocycles. The highest BCUT2D eigenvalue weighted by molar-refractivity contribution is 7.72. The van der Waals surface area contributed by atoms with Crippen molar-refractivity contribution < 1.29 is 43.4 Å². The lowest BCUT2D eigenvalue weighted by Gasteiger charge is -2.29. The summed E-state index contributed by atoms with van der Waals surface area (Å²) in [5, 5.41) is 14.4. The summed E-state index contributed by atoms with van der Waals surface area (Å²) in [5.74, 6) is 0.00912. The number of anilines is 2. The number of alkyl halides is 2. The Morgan fingerprint density at radius 3 is 2.03 bits per heavy atom. The summed E-state index contributed by atoms with van der Waals surface area (Å²) >= 11 is 11.7. The van der Waals surface area contributed by atoms with Crippen LogP contribution in [-0.4, -0.2) is 85.6 Å². The molecule has 1 rings (SSSR count). The van der Waals surface area contributed by atoms with E-state index in [1.54, 1.807) is 0 Å². The number of halogens is 2. The van der Waals surface area contributed by atoms with Crippen molar-refractivity contribution in [3.63, 3.8) is 0 Å². The molecule has 0 aliphatic rings. The molecule has 0 unspecified atom stereocenters. The Bertz CT molecular complexity index is 963. The van der Waals surface area contributed by atoms with Crippen LogP contribution in [0.5, 0.6) is 0 Å². The van der Waals surface area contributed by atoms with Gasteiger partial charge in [0.25, 0.3) is 5.08 Å². The monoisotopic (exact) mass is 620 g/mol. The molecule has 1 atom stereocenters. The molecule has 0 saturated carbocycles. The Kier molecular flexibility index (Phi) is 14.6. The third kappa shape index (κ3) is 11.0. The van der Waals surface area contributed by atoms with Gasteiger partial charge in [-0.3, -0.25) is 18.7 Å². The van der Waals surface area contributed by atoms with Crippen LogP contribution in [0.25, 0.3) is 0 Å². The molecule has 0 spiro atoms. The predicted octanol–water partition coefficient (Wildman–Crippen LogP) is 1.57. The van der Waals surface area contributed by atoms with Crippen molar-refractivity contribution in [1.82, 2.24) is 10.6 Å². The van der Waals surface area contributed by atoms with Gasteiger partial charge in [0.05, 0.1) is 0 Å². The highest BCUT2D eigenvalue weighted by atomic mass is 35.5. The van der Waals surface area contributed by atoms with Gasteiger partial charge in [0.2, 0.25) is 11.8 Å². The quantitative estimate of drug-likeness (QED) is 0.0670. The van der Waals surface area contributed by atoms with E-state index in [0.717, 1.165) is 11.4 Å². The number of carbonyl (C=O) groups excluding carboxylic acids is 2. The molecule has 1 aromatic carbocycles. The van der Waals surface area contributed by atoms with Crippen molar-refractivity contribution >= 4 is 61.6 Å². The number of hydrogen-bond acceptors (Lipinski definition) is 7. The molecule has 218 valence electrons. The molecule has 0 aliphatic carbocycles. The van der Waals surface area contributed by atoms with Crippen LogP contribution >= 0.6 is 38.4 Å². The first-order valence-electron chi connectivity index (χ1n) is 11.8. The van der Waals surface area contributed by atoms with Gasteiger partial charge in [-0.25, -0.2) is 0 Å². The van der Waals surface area contributed by atoms with Crippen LogP contribution in [0.1, 0.15) is 32.6 Å². The average molecular weight is 621 g/mol. The molecule has 0 radical (unpaired) electrons. The number of amides is 2. The van der Waals surface area contributed by atoms with E-state index in [9.17, 15) is 23.8 Å². The minimum Gasteiger partial charge on any atom is -0.385 e. The van der Waals surface area contributed by atoms with Gasteiger partial charge in [0, 0.05) is 62.2 Å². The highest BCUT2D eigenvalue weighted by Crippen LogP contribution is 2.69. The molecule has 0 fully saturated rings. The number of benzene rings is 1. The van der Waals surface area contributed by atoms with Gasteiger partial charge in [-0.05, 0) is 44.0 Å². The second-order valence-electron chi connectivity index (χ2n) is 8.49. The normalized spacial score (nSPS) is 13.1. The summed E-state index contributed by atoms with van der Waals surface area (Å²) in [4.78, 5) is 62.8. The van der Waals surface area contributed by atoms with Crippen molar-refractivity contribution in [2.24, 2.45) is 0 Å². The molecule has 8 N–H and O–H groups in total. The minimum absolute atomic E-state index is 0.152. The molecular weight excluding hydrogens is 585 g/mol. The van der Waals surface area contributed by atoms with E-state index in [4.69, 9.17) is 42.8 Å². The van der Waals surface area contributed by atoms with Crippen LogP contribution in [0.2, 0.25) is 0 Å². The van der Waals surface area contributed by atoms with Crippen molar-refractivity contribution in [3.8, 4) is 0 Å². The molecule has 13 nitrogen and oxygen atoms in total. The molecule has 0 saturated heterocycles. The first kappa shape index (κ1) is 34.6. The van der Waals surface area contributed by atoms with E-state index in [0.29, 0.717) is 37.8 Å². The van der Waals surface area contributed by atoms with Crippen LogP contribution in [0, 0.1) is 0 Å². The lowest BCUT2D eigenvalue weighted by atomic mass is 10.2. The van der Waals surface area contributed by atoms with Crippen molar-refractivity contribution in [3.05, 3.63) is 24.3 Å². The number of hydrogen-bond donors (Lipinski definition) is 8. The zero-order chi connectivity index (χ0) is 29.0. The second kappa shape index (κ2) is 16.0. The molecule has 0 bridgehead atoms. The van der Waals surface area contributed by atoms with E-state index in [-0.39, 0.29) is 25.3 Å². The SMILES string of the molecule is C[C@H](NC(=O)CCCNc1ccc(N(CCCl)CCCl)cc1)C(=O)NCCCC(O)(P(=O)(O)O)P(=O)(O)O. The van der Waals surface area contributed by atoms with Crippen molar-refractivity contribution in [1.29, 1.82) is 0 Å². The maximum Gasteiger partial charge on any atom is 0.369 e. The molecule has 2 amide bonds. The molecule has 38 heavy (non-hydrogen) atoms. The lowest BCUT2D eigenvalue weighted by molar-refractivity contribution is -0.128.